The summed E-state index contributed by atoms with van der Waals surface area (Å²) in [5.41, 5.74) is 2.13. The molecule has 18 heavy (non-hydrogen) atoms. The van der Waals surface area contributed by atoms with Gasteiger partial charge in [-0.1, -0.05) is 0 Å². The number of furan rings is 1. The van der Waals surface area contributed by atoms with Crippen LogP contribution in [0.15, 0.2) is 39.4 Å². The average molecular weight is 310 g/mol. The molecule has 1 atom stereocenters. The molecule has 1 unspecified atom stereocenters. The largest absolute Gasteiger partial charge is 0.469 e. The second-order valence-electron chi connectivity index (χ2n) is 4.51. The van der Waals surface area contributed by atoms with E-state index in [1.54, 1.807) is 12.3 Å². The van der Waals surface area contributed by atoms with Crippen molar-refractivity contribution in [3.63, 3.8) is 0 Å². The second kappa shape index (κ2) is 4.76. The van der Waals surface area contributed by atoms with E-state index in [1.165, 1.54) is 17.7 Å². The number of nitrogens with one attached hydrogen (secondary N) is 1. The smallest absolute Gasteiger partial charge is 0.124 e. The fraction of sp³-hybridized carbons (Fsp3) is 0.286. The molecular weight excluding hydrogens is 297 g/mol. The first-order valence-electron chi connectivity index (χ1n) is 6.02. The Kier molecular flexibility index (Phi) is 3.12. The monoisotopic (exact) mass is 309 g/mol. The van der Waals surface area contributed by atoms with E-state index in [-0.39, 0.29) is 11.9 Å². The van der Waals surface area contributed by atoms with Crippen LogP contribution in [0.25, 0.3) is 0 Å². The number of aryl methyl sites for hydroxylation is 1. The Balaban J connectivity index is 1.86. The molecule has 1 aromatic heterocycles. The Morgan fingerprint density at radius 1 is 1.33 bits per heavy atom. The van der Waals surface area contributed by atoms with Gasteiger partial charge in [0.25, 0.3) is 0 Å². The highest BCUT2D eigenvalue weighted by molar-refractivity contribution is 9.10. The number of fused-ring (bicyclic) bond motifs is 1. The Hall–Kier alpha value is -1.29. The summed E-state index contributed by atoms with van der Waals surface area (Å²) in [7, 11) is 0. The summed E-state index contributed by atoms with van der Waals surface area (Å²) in [6.07, 6.45) is 4.92. The summed E-state index contributed by atoms with van der Waals surface area (Å²) in [5, 5.41) is 3.45. The van der Waals surface area contributed by atoms with E-state index in [0.717, 1.165) is 35.2 Å². The number of halogens is 2. The zero-order valence-electron chi connectivity index (χ0n) is 9.75. The molecule has 2 nitrogen and oxygen atoms in total. The number of hydrogen-bond donors (Lipinski definition) is 1. The molecule has 1 heterocycles. The van der Waals surface area contributed by atoms with Crippen molar-refractivity contribution in [1.82, 2.24) is 0 Å². The molecule has 0 amide bonds. The van der Waals surface area contributed by atoms with Crippen molar-refractivity contribution in [2.24, 2.45) is 0 Å². The molecular formula is C14H13BrFNO. The molecule has 0 fully saturated rings. The molecule has 1 aromatic carbocycles. The van der Waals surface area contributed by atoms with E-state index in [0.29, 0.717) is 0 Å². The van der Waals surface area contributed by atoms with Crippen LogP contribution >= 0.6 is 15.9 Å². The maximum absolute atomic E-state index is 13.0. The van der Waals surface area contributed by atoms with Crippen LogP contribution in [-0.2, 0) is 6.42 Å². The number of hydrogen-bond acceptors (Lipinski definition) is 2. The molecule has 0 aliphatic heterocycles. The summed E-state index contributed by atoms with van der Waals surface area (Å²) in [4.78, 5) is 0. The molecule has 0 saturated heterocycles. The highest BCUT2D eigenvalue weighted by atomic mass is 79.9. The van der Waals surface area contributed by atoms with Crippen LogP contribution in [0.1, 0.15) is 30.2 Å². The van der Waals surface area contributed by atoms with Gasteiger partial charge in [0.05, 0.1) is 12.3 Å². The quantitative estimate of drug-likeness (QED) is 0.872. The Labute approximate surface area is 113 Å². The van der Waals surface area contributed by atoms with Gasteiger partial charge in [0.15, 0.2) is 0 Å². The highest BCUT2D eigenvalue weighted by Gasteiger charge is 2.22. The van der Waals surface area contributed by atoms with Crippen molar-refractivity contribution in [1.29, 1.82) is 0 Å². The summed E-state index contributed by atoms with van der Waals surface area (Å²) in [5.74, 6) is 0.831. The van der Waals surface area contributed by atoms with Crippen molar-refractivity contribution in [3.8, 4) is 0 Å². The molecule has 0 saturated carbocycles. The van der Waals surface area contributed by atoms with Gasteiger partial charge in [-0.2, -0.15) is 0 Å². The van der Waals surface area contributed by atoms with Crippen LogP contribution < -0.4 is 5.32 Å². The summed E-state index contributed by atoms with van der Waals surface area (Å²) in [6, 6.07) is 6.96. The standard InChI is InChI=1S/C14H13BrFNO/c15-11-8-9(16)4-5-13(11)17-12-2-1-3-14-10(12)6-7-18-14/h4-8,12,17H,1-3H2. The van der Waals surface area contributed by atoms with E-state index in [2.05, 4.69) is 21.2 Å². The maximum atomic E-state index is 13.0. The van der Waals surface area contributed by atoms with E-state index in [9.17, 15) is 4.39 Å². The van der Waals surface area contributed by atoms with Gasteiger partial charge in [0.1, 0.15) is 11.6 Å². The van der Waals surface area contributed by atoms with E-state index in [4.69, 9.17) is 4.42 Å². The number of rotatable bonds is 2. The number of anilines is 1. The molecule has 0 radical (unpaired) electrons. The fourth-order valence-electron chi connectivity index (χ4n) is 2.43. The zero-order chi connectivity index (χ0) is 12.5. The molecule has 1 aliphatic rings. The first kappa shape index (κ1) is 11.8. The summed E-state index contributed by atoms with van der Waals surface area (Å²) >= 11 is 3.38. The first-order valence-corrected chi connectivity index (χ1v) is 6.81. The topological polar surface area (TPSA) is 25.2 Å². The molecule has 94 valence electrons. The number of benzene rings is 1. The van der Waals surface area contributed by atoms with Gasteiger partial charge < -0.3 is 9.73 Å². The minimum absolute atomic E-state index is 0.236. The van der Waals surface area contributed by atoms with Crippen molar-refractivity contribution >= 4 is 21.6 Å². The molecule has 1 N–H and O–H groups in total. The predicted molar refractivity (Wildman–Crippen MR) is 72.1 cm³/mol. The maximum Gasteiger partial charge on any atom is 0.124 e. The molecule has 3 rings (SSSR count). The normalized spacial score (nSPS) is 18.4. The molecule has 1 aliphatic carbocycles. The zero-order valence-corrected chi connectivity index (χ0v) is 11.3. The predicted octanol–water partition coefficient (Wildman–Crippen LogP) is 4.67. The molecule has 0 spiro atoms. The third-order valence-electron chi connectivity index (χ3n) is 3.31. The lowest BCUT2D eigenvalue weighted by Gasteiger charge is -2.24. The van der Waals surface area contributed by atoms with E-state index in [1.807, 2.05) is 6.07 Å². The van der Waals surface area contributed by atoms with Gasteiger partial charge in [-0.05, 0) is 53.0 Å². The van der Waals surface area contributed by atoms with Gasteiger partial charge in [0, 0.05) is 22.1 Å². The van der Waals surface area contributed by atoms with Crippen molar-refractivity contribution in [3.05, 3.63) is 52.1 Å². The highest BCUT2D eigenvalue weighted by Crippen LogP contribution is 2.35. The first-order chi connectivity index (χ1) is 8.74. The van der Waals surface area contributed by atoms with Gasteiger partial charge in [-0.15, -0.1) is 0 Å². The Morgan fingerprint density at radius 3 is 3.06 bits per heavy atom. The lowest BCUT2D eigenvalue weighted by Crippen LogP contribution is -2.16. The summed E-state index contributed by atoms with van der Waals surface area (Å²) in [6.45, 7) is 0. The fourth-order valence-corrected chi connectivity index (χ4v) is 2.90. The SMILES string of the molecule is Fc1ccc(NC2CCCc3occc32)c(Br)c1. The third-order valence-corrected chi connectivity index (χ3v) is 3.97. The molecule has 2 aromatic rings. The minimum Gasteiger partial charge on any atom is -0.469 e. The van der Waals surface area contributed by atoms with Crippen LogP contribution in [0, 0.1) is 5.82 Å². The van der Waals surface area contributed by atoms with E-state index < -0.39 is 0 Å². The van der Waals surface area contributed by atoms with Gasteiger partial charge in [-0.25, -0.2) is 4.39 Å². The van der Waals surface area contributed by atoms with Crippen molar-refractivity contribution in [2.75, 3.05) is 5.32 Å². The summed E-state index contributed by atoms with van der Waals surface area (Å²) < 4.78 is 19.3. The second-order valence-corrected chi connectivity index (χ2v) is 5.37. The lowest BCUT2D eigenvalue weighted by atomic mass is 9.93. The minimum atomic E-state index is -0.236. The molecule has 0 bridgehead atoms. The Bertz CT molecular complexity index is 567. The van der Waals surface area contributed by atoms with Gasteiger partial charge >= 0.3 is 0 Å². The van der Waals surface area contributed by atoms with Crippen LogP contribution in [0.2, 0.25) is 0 Å². The average Bonchev–Trinajstić information content (AvgIpc) is 2.82. The van der Waals surface area contributed by atoms with Crippen LogP contribution in [0.3, 0.4) is 0 Å². The molecule has 4 heteroatoms. The van der Waals surface area contributed by atoms with Crippen molar-refractivity contribution in [2.45, 2.75) is 25.3 Å². The van der Waals surface area contributed by atoms with Crippen LogP contribution in [0.4, 0.5) is 10.1 Å². The van der Waals surface area contributed by atoms with Crippen molar-refractivity contribution < 1.29 is 8.81 Å². The van der Waals surface area contributed by atoms with Crippen LogP contribution in [-0.4, -0.2) is 0 Å². The Morgan fingerprint density at radius 2 is 2.22 bits per heavy atom. The lowest BCUT2D eigenvalue weighted by molar-refractivity contribution is 0.461. The third kappa shape index (κ3) is 2.17. The van der Waals surface area contributed by atoms with E-state index >= 15 is 0 Å². The van der Waals surface area contributed by atoms with Gasteiger partial charge in [0.2, 0.25) is 0 Å². The van der Waals surface area contributed by atoms with Gasteiger partial charge in [-0.3, -0.25) is 0 Å². The van der Waals surface area contributed by atoms with Crippen LogP contribution in [0.5, 0.6) is 0 Å².